The average molecular weight is 633 g/mol. The van der Waals surface area contributed by atoms with E-state index in [4.69, 9.17) is 39.2 Å². The molecule has 0 radical (unpaired) electrons. The fourth-order valence-electron chi connectivity index (χ4n) is 3.32. The summed E-state index contributed by atoms with van der Waals surface area (Å²) < 4.78 is 106. The third-order valence-corrected chi connectivity index (χ3v) is 5.14. The average Bonchev–Trinajstić information content (AvgIpc) is 3.12. The molecule has 1 aromatic heterocycles. The number of halogens is 9. The van der Waals surface area contributed by atoms with E-state index in [2.05, 4.69) is 26.9 Å². The number of rotatable bonds is 5. The highest BCUT2D eigenvalue weighted by molar-refractivity contribution is 5.73. The Hall–Kier alpha value is -3.23. The highest BCUT2D eigenvalue weighted by Crippen LogP contribution is 2.24. The number of ether oxygens (including phenoxy) is 2. The maximum Gasteiger partial charge on any atom is 0.490 e. The minimum absolute atomic E-state index is 0.376. The Balaban J connectivity index is 0.000000660. The summed E-state index contributed by atoms with van der Waals surface area (Å²) in [6.07, 6.45) is -13.0. The number of aromatic nitrogens is 1. The molecule has 2 fully saturated rings. The number of hydrogen-bond donors (Lipinski definition) is 3. The molecule has 20 heteroatoms. The van der Waals surface area contributed by atoms with Crippen LogP contribution >= 0.6 is 0 Å². The number of likely N-dealkylation sites (tertiary alicyclic amines) is 1. The van der Waals surface area contributed by atoms with Gasteiger partial charge in [0.25, 0.3) is 0 Å². The van der Waals surface area contributed by atoms with E-state index < -0.39 is 36.4 Å². The quantitative estimate of drug-likeness (QED) is 0.411. The first kappa shape index (κ1) is 38.8. The third-order valence-electron chi connectivity index (χ3n) is 5.14. The molecule has 3 N–H and O–H groups in total. The van der Waals surface area contributed by atoms with E-state index in [-0.39, 0.29) is 0 Å². The first-order valence-corrected chi connectivity index (χ1v) is 11.5. The van der Waals surface area contributed by atoms with Crippen LogP contribution < -0.4 is 0 Å². The van der Waals surface area contributed by atoms with Gasteiger partial charge in [0.15, 0.2) is 0 Å². The SMILES string of the molecule is COCCN1CCO[C@@H]2CN(Cc3ccccn3)C[C@@H]2C1.O=C(O)C(F)(F)F.O=C(O)C(F)(F)F.O=C(O)C(F)(F)F. The summed E-state index contributed by atoms with van der Waals surface area (Å²) >= 11 is 0. The van der Waals surface area contributed by atoms with E-state index in [0.717, 1.165) is 58.2 Å². The number of hydrogen-bond acceptors (Lipinski definition) is 8. The van der Waals surface area contributed by atoms with Crippen molar-refractivity contribution in [1.82, 2.24) is 14.8 Å². The van der Waals surface area contributed by atoms with Crippen molar-refractivity contribution < 1.29 is 78.7 Å². The van der Waals surface area contributed by atoms with Crippen LogP contribution in [0.15, 0.2) is 24.4 Å². The van der Waals surface area contributed by atoms with Crippen LogP contribution in [-0.4, -0.2) is 126 Å². The number of carboxylic acid groups (broad SMARTS) is 3. The fourth-order valence-corrected chi connectivity index (χ4v) is 3.32. The molecule has 0 spiro atoms. The Bertz CT molecular complexity index is 904. The number of pyridine rings is 1. The van der Waals surface area contributed by atoms with Gasteiger partial charge in [-0.3, -0.25) is 14.8 Å². The molecule has 2 saturated heterocycles. The number of methoxy groups -OCH3 is 1. The van der Waals surface area contributed by atoms with Crippen molar-refractivity contribution in [2.75, 3.05) is 53.0 Å². The highest BCUT2D eigenvalue weighted by atomic mass is 19.4. The van der Waals surface area contributed by atoms with Crippen molar-refractivity contribution in [3.63, 3.8) is 0 Å². The molecular weight excluding hydrogens is 605 g/mol. The second-order valence-electron chi connectivity index (χ2n) is 8.39. The molecule has 11 nitrogen and oxygen atoms in total. The first-order chi connectivity index (χ1) is 19.2. The van der Waals surface area contributed by atoms with E-state index in [1.54, 1.807) is 7.11 Å². The van der Waals surface area contributed by atoms with Gasteiger partial charge >= 0.3 is 36.4 Å². The van der Waals surface area contributed by atoms with Crippen LogP contribution in [-0.2, 0) is 30.4 Å². The number of alkyl halides is 9. The van der Waals surface area contributed by atoms with E-state index in [1.807, 2.05) is 12.3 Å². The van der Waals surface area contributed by atoms with Gasteiger partial charge in [-0.2, -0.15) is 39.5 Å². The highest BCUT2D eigenvalue weighted by Gasteiger charge is 2.39. The maximum atomic E-state index is 10.6. The molecule has 1 aromatic rings. The topological polar surface area (TPSA) is 150 Å². The van der Waals surface area contributed by atoms with E-state index >= 15 is 0 Å². The summed E-state index contributed by atoms with van der Waals surface area (Å²) in [5.41, 5.74) is 1.14. The minimum atomic E-state index is -5.08. The third kappa shape index (κ3) is 16.9. The van der Waals surface area contributed by atoms with Crippen LogP contribution in [0.5, 0.6) is 0 Å². The van der Waals surface area contributed by atoms with Crippen molar-refractivity contribution in [3.05, 3.63) is 30.1 Å². The lowest BCUT2D eigenvalue weighted by molar-refractivity contribution is -0.193. The van der Waals surface area contributed by atoms with Crippen LogP contribution in [0.25, 0.3) is 0 Å². The second kappa shape index (κ2) is 17.7. The molecule has 0 aromatic carbocycles. The van der Waals surface area contributed by atoms with Crippen molar-refractivity contribution in [3.8, 4) is 0 Å². The molecule has 0 amide bonds. The molecule has 3 rings (SSSR count). The summed E-state index contributed by atoms with van der Waals surface area (Å²) in [6.45, 7) is 7.84. The van der Waals surface area contributed by atoms with Crippen molar-refractivity contribution in [2.24, 2.45) is 5.92 Å². The molecule has 2 aliphatic heterocycles. The number of fused-ring (bicyclic) bond motifs is 1. The molecule has 0 saturated carbocycles. The van der Waals surface area contributed by atoms with Crippen molar-refractivity contribution in [2.45, 2.75) is 31.2 Å². The summed E-state index contributed by atoms with van der Waals surface area (Å²) in [6, 6.07) is 6.12. The molecule has 2 aliphatic rings. The van der Waals surface area contributed by atoms with E-state index in [1.165, 1.54) is 0 Å². The summed E-state index contributed by atoms with van der Waals surface area (Å²) in [7, 11) is 1.77. The molecule has 0 unspecified atom stereocenters. The predicted molar refractivity (Wildman–Crippen MR) is 122 cm³/mol. The molecule has 42 heavy (non-hydrogen) atoms. The van der Waals surface area contributed by atoms with Gasteiger partial charge in [-0.05, 0) is 12.1 Å². The summed E-state index contributed by atoms with van der Waals surface area (Å²) in [4.78, 5) is 36.1. The van der Waals surface area contributed by atoms with Crippen molar-refractivity contribution >= 4 is 17.9 Å². The Morgan fingerprint density at radius 1 is 0.881 bits per heavy atom. The van der Waals surface area contributed by atoms with E-state index in [9.17, 15) is 39.5 Å². The van der Waals surface area contributed by atoms with Crippen LogP contribution in [0.2, 0.25) is 0 Å². The Kier molecular flexibility index (Phi) is 16.3. The number of aliphatic carboxylic acids is 3. The zero-order valence-electron chi connectivity index (χ0n) is 21.7. The summed E-state index contributed by atoms with van der Waals surface area (Å²) in [5.74, 6) is -7.67. The van der Waals surface area contributed by atoms with Gasteiger partial charge in [0.1, 0.15) is 0 Å². The lowest BCUT2D eigenvalue weighted by Gasteiger charge is -2.22. The lowest BCUT2D eigenvalue weighted by atomic mass is 10.1. The number of nitrogens with zero attached hydrogens (tertiary/aromatic N) is 3. The molecule has 0 bridgehead atoms. The normalized spacial score (nSPS) is 19.4. The lowest BCUT2D eigenvalue weighted by Crippen LogP contribution is -2.34. The zero-order chi connectivity index (χ0) is 32.7. The largest absolute Gasteiger partial charge is 0.490 e. The molecular formula is C22H28F9N3O8. The summed E-state index contributed by atoms with van der Waals surface area (Å²) in [5, 5.41) is 21.4. The second-order valence-corrected chi connectivity index (χ2v) is 8.39. The Morgan fingerprint density at radius 2 is 1.36 bits per heavy atom. The van der Waals surface area contributed by atoms with Crippen LogP contribution in [0.1, 0.15) is 5.69 Å². The number of carbonyl (C=O) groups is 3. The first-order valence-electron chi connectivity index (χ1n) is 11.5. The van der Waals surface area contributed by atoms with Gasteiger partial charge in [-0.15, -0.1) is 0 Å². The standard InChI is InChI=1S/C16H25N3O2.3C2HF3O2/c1-20-8-6-18-7-9-21-16-13-19(11-14(16)10-18)12-15-4-2-3-5-17-15;3*3-2(4,5)1(6)7/h2-5,14,16H,6-13H2,1H3;3*(H,6,7)/t14-,16+;;;/m0.../s1. The Labute approximate surface area is 232 Å². The van der Waals surface area contributed by atoms with Gasteiger partial charge in [-0.1, -0.05) is 6.07 Å². The predicted octanol–water partition coefficient (Wildman–Crippen LogP) is 2.76. The van der Waals surface area contributed by atoms with Crippen LogP contribution in [0.4, 0.5) is 39.5 Å². The minimum Gasteiger partial charge on any atom is -0.475 e. The molecule has 0 aliphatic carbocycles. The zero-order valence-corrected chi connectivity index (χ0v) is 21.7. The smallest absolute Gasteiger partial charge is 0.475 e. The van der Waals surface area contributed by atoms with Crippen molar-refractivity contribution in [1.29, 1.82) is 0 Å². The van der Waals surface area contributed by atoms with Gasteiger partial charge < -0.3 is 24.8 Å². The van der Waals surface area contributed by atoms with Gasteiger partial charge in [0.05, 0.1) is 25.0 Å². The molecule has 242 valence electrons. The molecule has 2 atom stereocenters. The molecule has 3 heterocycles. The number of carboxylic acids is 3. The van der Waals surface area contributed by atoms with Gasteiger partial charge in [0.2, 0.25) is 0 Å². The Morgan fingerprint density at radius 3 is 1.76 bits per heavy atom. The van der Waals surface area contributed by atoms with E-state index in [0.29, 0.717) is 12.0 Å². The fraction of sp³-hybridized carbons (Fsp3) is 0.636. The maximum absolute atomic E-state index is 10.6. The van der Waals surface area contributed by atoms with Gasteiger partial charge in [-0.25, -0.2) is 14.4 Å². The van der Waals surface area contributed by atoms with Crippen LogP contribution in [0.3, 0.4) is 0 Å². The van der Waals surface area contributed by atoms with Crippen LogP contribution in [0, 0.1) is 5.92 Å². The monoisotopic (exact) mass is 633 g/mol. The van der Waals surface area contributed by atoms with Gasteiger partial charge in [0, 0.05) is 58.5 Å².